The van der Waals surface area contributed by atoms with Crippen LogP contribution in [0.3, 0.4) is 0 Å². The van der Waals surface area contributed by atoms with Gasteiger partial charge in [-0.3, -0.25) is 0 Å². The number of carbonyl (C=O) groups is 1. The maximum atomic E-state index is 12.5. The Labute approximate surface area is 323 Å². The number of benzene rings is 3. The van der Waals surface area contributed by atoms with Crippen molar-refractivity contribution in [3.8, 4) is 22.5 Å². The Morgan fingerprint density at radius 3 is 1.70 bits per heavy atom. The summed E-state index contributed by atoms with van der Waals surface area (Å²) in [5.41, 5.74) is 8.15. The summed E-state index contributed by atoms with van der Waals surface area (Å²) in [5.74, 6) is 0.622. The van der Waals surface area contributed by atoms with Crippen molar-refractivity contribution in [1.82, 2.24) is 29.3 Å². The molecule has 9 rings (SSSR count). The summed E-state index contributed by atoms with van der Waals surface area (Å²) in [6.07, 6.45) is 12.2. The maximum absolute atomic E-state index is 12.5. The van der Waals surface area contributed by atoms with Gasteiger partial charge in [0, 0.05) is 29.9 Å². The summed E-state index contributed by atoms with van der Waals surface area (Å²) in [5, 5.41) is 28.0. The molecule has 3 aromatic carbocycles. The van der Waals surface area contributed by atoms with Gasteiger partial charge in [-0.15, -0.1) is 24.8 Å². The molecule has 53 heavy (non-hydrogen) atoms. The Morgan fingerprint density at radius 1 is 0.698 bits per heavy atom. The number of para-hydroxylation sites is 1. The van der Waals surface area contributed by atoms with E-state index in [1.165, 1.54) is 27.9 Å². The number of aromatic nitrogens is 4. The first-order valence-electron chi connectivity index (χ1n) is 18.4. The highest BCUT2D eigenvalue weighted by Gasteiger charge is 2.35. The molecule has 5 aromatic rings. The second-order valence-corrected chi connectivity index (χ2v) is 14.4. The number of piperidine rings is 2. The van der Waals surface area contributed by atoms with E-state index in [9.17, 15) is 15.0 Å². The molecule has 0 saturated carbocycles. The second-order valence-electron chi connectivity index (χ2n) is 14.4. The molecule has 4 N–H and O–H groups in total. The van der Waals surface area contributed by atoms with Crippen molar-refractivity contribution in [2.24, 2.45) is 11.8 Å². The zero-order chi connectivity index (χ0) is 34.7. The lowest BCUT2D eigenvalue weighted by atomic mass is 9.86. The zero-order valence-corrected chi connectivity index (χ0v) is 31.3. The molecular weight excluding hydrogens is 709 g/mol. The number of halogens is 2. The van der Waals surface area contributed by atoms with Crippen molar-refractivity contribution in [3.63, 3.8) is 0 Å². The molecule has 2 amide bonds. The topological polar surface area (TPSA) is 120 Å². The largest absolute Gasteiger partial charge is 0.393 e. The lowest BCUT2D eigenvalue weighted by Crippen LogP contribution is -2.43. The van der Waals surface area contributed by atoms with E-state index in [1.54, 1.807) is 0 Å². The highest BCUT2D eigenvalue weighted by Crippen LogP contribution is 2.43. The standard InChI is InChI=1S/C24H26N4O2.C17H21N3O.2ClH/c29-23(14-21-19-8-4-5-9-20(19)22-15-25-16-28(21)22)17-10-12-27(13-11-17)24(30)26-18-6-2-1-3-7-18;21-17(12-5-7-18-8-6-12)9-15-13-3-1-2-4-14(13)16-10-19-11-20(15)16;;/h1-9,15-17,21,23,29H,10-14H2,(H,26,30);1-4,10-12,15,17-18,21H,5-9H2;2*1H. The Hall–Kier alpha value is -4.19. The number of aliphatic hydroxyl groups is 2. The number of anilines is 1. The van der Waals surface area contributed by atoms with Crippen molar-refractivity contribution in [3.05, 3.63) is 115 Å². The van der Waals surface area contributed by atoms with Crippen molar-refractivity contribution in [2.45, 2.75) is 62.8 Å². The van der Waals surface area contributed by atoms with Crippen LogP contribution in [0.1, 0.15) is 61.7 Å². The number of nitrogens with zero attached hydrogens (tertiary/aromatic N) is 5. The number of likely N-dealkylation sites (tertiary alicyclic amines) is 1. The molecule has 0 bridgehead atoms. The van der Waals surface area contributed by atoms with Crippen LogP contribution in [0.15, 0.2) is 104 Å². The second kappa shape index (κ2) is 17.3. The summed E-state index contributed by atoms with van der Waals surface area (Å²) in [6, 6.07) is 26.7. The highest BCUT2D eigenvalue weighted by molar-refractivity contribution is 5.89. The molecule has 0 radical (unpaired) electrons. The van der Waals surface area contributed by atoms with E-state index in [-0.39, 0.29) is 55.0 Å². The first kappa shape index (κ1) is 38.5. The van der Waals surface area contributed by atoms with Gasteiger partial charge in [0.15, 0.2) is 0 Å². The SMILES string of the molecule is Cl.Cl.O=C(Nc1ccccc1)N1CCC(C(O)CC2c3ccccc3-c3cncn32)CC1.OC(CC1c2ccccc2-c2cncn21)C1CCNCC1. The van der Waals surface area contributed by atoms with E-state index in [0.717, 1.165) is 56.6 Å². The van der Waals surface area contributed by atoms with Crippen LogP contribution >= 0.6 is 24.8 Å². The summed E-state index contributed by atoms with van der Waals surface area (Å²) in [4.78, 5) is 22.9. The molecule has 4 unspecified atom stereocenters. The predicted molar refractivity (Wildman–Crippen MR) is 213 cm³/mol. The van der Waals surface area contributed by atoms with E-state index in [0.29, 0.717) is 25.4 Å². The molecule has 10 nitrogen and oxygen atoms in total. The average molecular weight is 759 g/mol. The minimum atomic E-state index is -0.407. The fourth-order valence-corrected chi connectivity index (χ4v) is 8.63. The van der Waals surface area contributed by atoms with Crippen molar-refractivity contribution in [1.29, 1.82) is 0 Å². The van der Waals surface area contributed by atoms with Gasteiger partial charge in [0.05, 0.1) is 60.7 Å². The molecule has 0 aliphatic carbocycles. The van der Waals surface area contributed by atoms with Gasteiger partial charge >= 0.3 is 6.03 Å². The van der Waals surface area contributed by atoms with Crippen LogP contribution in [-0.4, -0.2) is 78.6 Å². The first-order chi connectivity index (χ1) is 25.0. The lowest BCUT2D eigenvalue weighted by molar-refractivity contribution is 0.0552. The van der Waals surface area contributed by atoms with Crippen molar-refractivity contribution in [2.75, 3.05) is 31.5 Å². The van der Waals surface area contributed by atoms with Gasteiger partial charge in [-0.25, -0.2) is 14.8 Å². The van der Waals surface area contributed by atoms with Crippen LogP contribution in [0.25, 0.3) is 22.5 Å². The Kier molecular flexibility index (Phi) is 12.6. The quantitative estimate of drug-likeness (QED) is 0.140. The minimum Gasteiger partial charge on any atom is -0.393 e. The van der Waals surface area contributed by atoms with Gasteiger partial charge in [0.2, 0.25) is 0 Å². The van der Waals surface area contributed by atoms with Gasteiger partial charge in [-0.2, -0.15) is 0 Å². The van der Waals surface area contributed by atoms with Gasteiger partial charge < -0.3 is 34.9 Å². The zero-order valence-electron chi connectivity index (χ0n) is 29.7. The normalized spacial score (nSPS) is 19.9. The third-order valence-corrected chi connectivity index (χ3v) is 11.4. The number of urea groups is 1. The lowest BCUT2D eigenvalue weighted by Gasteiger charge is -2.35. The average Bonchev–Trinajstić information content (AvgIpc) is 3.97. The third kappa shape index (κ3) is 8.03. The number of nitrogens with one attached hydrogen (secondary N) is 2. The molecule has 4 atom stereocenters. The van der Waals surface area contributed by atoms with Crippen LogP contribution < -0.4 is 10.6 Å². The van der Waals surface area contributed by atoms with Gasteiger partial charge in [-0.05, 0) is 86.7 Å². The van der Waals surface area contributed by atoms with Crippen molar-refractivity contribution < 1.29 is 15.0 Å². The molecule has 2 saturated heterocycles. The number of fused-ring (bicyclic) bond motifs is 6. The van der Waals surface area contributed by atoms with E-state index in [1.807, 2.05) is 66.3 Å². The third-order valence-electron chi connectivity index (χ3n) is 11.4. The van der Waals surface area contributed by atoms with E-state index in [4.69, 9.17) is 0 Å². The molecular formula is C41H49Cl2N7O3. The molecule has 12 heteroatoms. The first-order valence-corrected chi connectivity index (χ1v) is 18.4. The Morgan fingerprint density at radius 2 is 1.17 bits per heavy atom. The van der Waals surface area contributed by atoms with E-state index in [2.05, 4.69) is 72.2 Å². The van der Waals surface area contributed by atoms with Gasteiger partial charge in [-0.1, -0.05) is 66.7 Å². The highest BCUT2D eigenvalue weighted by atomic mass is 35.5. The molecule has 4 aliphatic heterocycles. The summed E-state index contributed by atoms with van der Waals surface area (Å²) in [6.45, 7) is 3.38. The summed E-state index contributed by atoms with van der Waals surface area (Å²) in [7, 11) is 0. The smallest absolute Gasteiger partial charge is 0.321 e. The molecule has 0 spiro atoms. The fraction of sp³-hybridized carbons (Fsp3) is 0.390. The van der Waals surface area contributed by atoms with Crippen LogP contribution in [0, 0.1) is 11.8 Å². The van der Waals surface area contributed by atoms with Gasteiger partial charge in [0.25, 0.3) is 0 Å². The van der Waals surface area contributed by atoms with Gasteiger partial charge in [0.1, 0.15) is 0 Å². The molecule has 2 fully saturated rings. The molecule has 4 aliphatic rings. The van der Waals surface area contributed by atoms with Crippen molar-refractivity contribution >= 4 is 36.5 Å². The molecule has 6 heterocycles. The van der Waals surface area contributed by atoms with Crippen LogP contribution in [0.5, 0.6) is 0 Å². The number of imidazole rings is 2. The van der Waals surface area contributed by atoms with E-state index >= 15 is 0 Å². The minimum absolute atomic E-state index is 0. The van der Waals surface area contributed by atoms with Crippen LogP contribution in [0.4, 0.5) is 10.5 Å². The number of carbonyl (C=O) groups excluding carboxylic acids is 1. The Balaban J connectivity index is 0.000000185. The molecule has 280 valence electrons. The van der Waals surface area contributed by atoms with Crippen LogP contribution in [-0.2, 0) is 0 Å². The number of amides is 2. The molecule has 2 aromatic heterocycles. The summed E-state index contributed by atoms with van der Waals surface area (Å²) >= 11 is 0. The fourth-order valence-electron chi connectivity index (χ4n) is 8.63. The van der Waals surface area contributed by atoms with Crippen LogP contribution in [0.2, 0.25) is 0 Å². The maximum Gasteiger partial charge on any atom is 0.321 e. The number of hydrogen-bond donors (Lipinski definition) is 4. The summed E-state index contributed by atoms with van der Waals surface area (Å²) < 4.78 is 4.39. The number of rotatable bonds is 7. The predicted octanol–water partition coefficient (Wildman–Crippen LogP) is 7.20. The van der Waals surface area contributed by atoms with E-state index < -0.39 is 6.10 Å². The number of hydrogen-bond acceptors (Lipinski definition) is 6. The number of aliphatic hydroxyl groups excluding tert-OH is 2. The Bertz CT molecular complexity index is 1940. The monoisotopic (exact) mass is 757 g/mol.